The van der Waals surface area contributed by atoms with Crippen LogP contribution in [0.3, 0.4) is 0 Å². The zero-order valence-corrected chi connectivity index (χ0v) is 16.2. The minimum Gasteiger partial charge on any atom is -0.493 e. The third kappa shape index (κ3) is 4.06. The quantitative estimate of drug-likeness (QED) is 0.604. The van der Waals surface area contributed by atoms with E-state index in [1.54, 1.807) is 32.4 Å². The number of sulfonamides is 1. The Balaban J connectivity index is 1.89. The van der Waals surface area contributed by atoms with Gasteiger partial charge in [0.15, 0.2) is 17.4 Å². The Hall–Kier alpha value is -2.58. The van der Waals surface area contributed by atoms with Gasteiger partial charge in [-0.15, -0.1) is 0 Å². The van der Waals surface area contributed by atoms with Gasteiger partial charge in [0.05, 0.1) is 27.0 Å². The lowest BCUT2D eigenvalue weighted by molar-refractivity contribution is 0.354. The molecule has 2 N–H and O–H groups in total. The second-order valence-electron chi connectivity index (χ2n) is 6.23. The largest absolute Gasteiger partial charge is 0.493 e. The van der Waals surface area contributed by atoms with E-state index in [1.807, 2.05) is 18.2 Å². The molecule has 0 aromatic heterocycles. The highest BCUT2D eigenvalue weighted by molar-refractivity contribution is 7.89. The van der Waals surface area contributed by atoms with Crippen molar-refractivity contribution in [3.63, 3.8) is 0 Å². The van der Waals surface area contributed by atoms with Gasteiger partial charge in [-0.05, 0) is 42.2 Å². The molecule has 8 heteroatoms. The highest BCUT2D eigenvalue weighted by atomic mass is 32.2. The first-order valence-electron chi connectivity index (χ1n) is 8.35. The van der Waals surface area contributed by atoms with E-state index in [-0.39, 0.29) is 22.4 Å². The lowest BCUT2D eigenvalue weighted by atomic mass is 10.1. The van der Waals surface area contributed by atoms with Gasteiger partial charge < -0.3 is 14.2 Å². The molecule has 27 heavy (non-hydrogen) atoms. The number of para-hydroxylation sites is 1. The molecule has 0 saturated heterocycles. The maximum Gasteiger partial charge on any atom is 0.240 e. The minimum absolute atomic E-state index is 0.0251. The maximum atomic E-state index is 11.8. The summed E-state index contributed by atoms with van der Waals surface area (Å²) in [7, 11) is 0.851. The Morgan fingerprint density at radius 3 is 2.41 bits per heavy atom. The molecule has 7 nitrogen and oxygen atoms in total. The fourth-order valence-corrected chi connectivity index (χ4v) is 3.78. The van der Waals surface area contributed by atoms with Crippen LogP contribution in [0.1, 0.15) is 17.9 Å². The predicted octanol–water partition coefficient (Wildman–Crippen LogP) is 2.83. The van der Waals surface area contributed by atoms with Crippen LogP contribution in [0.2, 0.25) is 0 Å². The smallest absolute Gasteiger partial charge is 0.240 e. The first-order chi connectivity index (χ1) is 12.9. The third-order valence-corrected chi connectivity index (χ3v) is 5.51. The summed E-state index contributed by atoms with van der Waals surface area (Å²) >= 11 is 0. The number of benzene rings is 2. The first-order valence-corrected chi connectivity index (χ1v) is 9.90. The number of aliphatic imine (C=N–C) groups is 1. The molecule has 0 bridgehead atoms. The fourth-order valence-electron chi connectivity index (χ4n) is 3.11. The van der Waals surface area contributed by atoms with Crippen molar-refractivity contribution in [1.29, 1.82) is 0 Å². The number of methoxy groups -OCH3 is 3. The summed E-state index contributed by atoms with van der Waals surface area (Å²) in [6.45, 7) is 0. The summed E-state index contributed by atoms with van der Waals surface area (Å²) in [5.41, 5.74) is 1.36. The van der Waals surface area contributed by atoms with E-state index in [4.69, 9.17) is 19.3 Å². The summed E-state index contributed by atoms with van der Waals surface area (Å²) < 4.78 is 39.6. The average Bonchev–Trinajstić information content (AvgIpc) is 3.45. The molecule has 0 heterocycles. The zero-order chi connectivity index (χ0) is 19.6. The number of primary sulfonamides is 1. The van der Waals surface area contributed by atoms with E-state index in [0.717, 1.165) is 12.0 Å². The molecule has 1 aliphatic carbocycles. The van der Waals surface area contributed by atoms with Gasteiger partial charge in [0, 0.05) is 5.92 Å². The molecule has 2 aromatic rings. The van der Waals surface area contributed by atoms with E-state index in [1.165, 1.54) is 13.2 Å². The summed E-state index contributed by atoms with van der Waals surface area (Å²) in [6, 6.07) is 12.1. The van der Waals surface area contributed by atoms with Crippen LogP contribution in [0.4, 0.5) is 5.69 Å². The van der Waals surface area contributed by atoms with E-state index in [2.05, 4.69) is 4.99 Å². The zero-order valence-electron chi connectivity index (χ0n) is 15.4. The number of ether oxygens (including phenoxy) is 3. The van der Waals surface area contributed by atoms with Crippen LogP contribution in [0.5, 0.6) is 11.5 Å². The number of nitrogens with zero attached hydrogens (tertiary/aromatic N) is 1. The van der Waals surface area contributed by atoms with Crippen LogP contribution in [0, 0.1) is 5.92 Å². The molecule has 2 atom stereocenters. The monoisotopic (exact) mass is 390 g/mol. The van der Waals surface area contributed by atoms with Gasteiger partial charge >= 0.3 is 0 Å². The van der Waals surface area contributed by atoms with Crippen molar-refractivity contribution < 1.29 is 22.6 Å². The van der Waals surface area contributed by atoms with Gasteiger partial charge in [-0.3, -0.25) is 0 Å². The van der Waals surface area contributed by atoms with Crippen molar-refractivity contribution in [2.45, 2.75) is 17.2 Å². The minimum atomic E-state index is -3.87. The van der Waals surface area contributed by atoms with Crippen molar-refractivity contribution in [2.24, 2.45) is 16.0 Å². The van der Waals surface area contributed by atoms with Crippen molar-refractivity contribution in [3.8, 4) is 11.5 Å². The van der Waals surface area contributed by atoms with E-state index in [0.29, 0.717) is 17.4 Å². The number of rotatable bonds is 6. The van der Waals surface area contributed by atoms with E-state index >= 15 is 0 Å². The van der Waals surface area contributed by atoms with Gasteiger partial charge in [-0.2, -0.15) is 0 Å². The van der Waals surface area contributed by atoms with Crippen molar-refractivity contribution >= 4 is 21.6 Å². The van der Waals surface area contributed by atoms with Gasteiger partial charge in [-0.1, -0.05) is 18.2 Å². The third-order valence-electron chi connectivity index (χ3n) is 4.55. The average molecular weight is 390 g/mol. The van der Waals surface area contributed by atoms with Crippen molar-refractivity contribution in [2.75, 3.05) is 21.3 Å². The molecule has 1 saturated carbocycles. The molecule has 1 aliphatic rings. The predicted molar refractivity (Wildman–Crippen MR) is 102 cm³/mol. The maximum absolute atomic E-state index is 11.8. The van der Waals surface area contributed by atoms with Crippen molar-refractivity contribution in [1.82, 2.24) is 0 Å². The van der Waals surface area contributed by atoms with E-state index < -0.39 is 10.0 Å². The molecule has 144 valence electrons. The SMILES string of the molecule is COC(=Nc1ccccc1S(N)(=O)=O)C1CC1c1ccc(OC)c(OC)c1. The number of hydrogen-bond donors (Lipinski definition) is 1. The number of nitrogens with two attached hydrogens (primary N) is 1. The van der Waals surface area contributed by atoms with Gasteiger partial charge in [0.1, 0.15) is 4.90 Å². The van der Waals surface area contributed by atoms with Crippen LogP contribution in [0.15, 0.2) is 52.4 Å². The standard InChI is InChI=1S/C19H22N2O5S/c1-24-16-9-8-12(10-17(16)25-2)13-11-14(13)19(26-3)21-15-6-4-5-7-18(15)27(20,22)23/h4-10,13-14H,11H2,1-3H3,(H2,20,22,23). The molecule has 1 fully saturated rings. The molecule has 0 amide bonds. The van der Waals surface area contributed by atoms with Gasteiger partial charge in [0.2, 0.25) is 10.0 Å². The Morgan fingerprint density at radius 1 is 1.07 bits per heavy atom. The molecule has 0 radical (unpaired) electrons. The molecule has 0 spiro atoms. The molecular formula is C19H22N2O5S. The Morgan fingerprint density at radius 2 is 1.78 bits per heavy atom. The second kappa shape index (κ2) is 7.58. The second-order valence-corrected chi connectivity index (χ2v) is 7.76. The summed E-state index contributed by atoms with van der Waals surface area (Å²) in [5, 5.41) is 5.28. The Labute approximate surface area is 158 Å². The Kier molecular flexibility index (Phi) is 5.38. The summed E-state index contributed by atoms with van der Waals surface area (Å²) in [5.74, 6) is 2.08. The number of hydrogen-bond acceptors (Lipinski definition) is 6. The van der Waals surface area contributed by atoms with Crippen LogP contribution < -0.4 is 14.6 Å². The summed E-state index contributed by atoms with van der Waals surface area (Å²) in [4.78, 5) is 4.41. The normalized spacial score (nSPS) is 19.5. The lowest BCUT2D eigenvalue weighted by Crippen LogP contribution is -2.13. The fraction of sp³-hybridized carbons (Fsp3) is 0.316. The van der Waals surface area contributed by atoms with E-state index in [9.17, 15) is 8.42 Å². The van der Waals surface area contributed by atoms with Crippen LogP contribution in [-0.2, 0) is 14.8 Å². The highest BCUT2D eigenvalue weighted by Gasteiger charge is 2.43. The van der Waals surface area contributed by atoms with Crippen LogP contribution in [0.25, 0.3) is 0 Å². The first kappa shape index (κ1) is 19.2. The molecule has 2 unspecified atom stereocenters. The van der Waals surface area contributed by atoms with Crippen LogP contribution in [-0.4, -0.2) is 35.6 Å². The molecule has 2 aromatic carbocycles. The highest BCUT2D eigenvalue weighted by Crippen LogP contribution is 2.50. The topological polar surface area (TPSA) is 100 Å². The Bertz CT molecular complexity index is 972. The van der Waals surface area contributed by atoms with Crippen LogP contribution >= 0.6 is 0 Å². The van der Waals surface area contributed by atoms with Gasteiger partial charge in [0.25, 0.3) is 0 Å². The molecule has 0 aliphatic heterocycles. The molecular weight excluding hydrogens is 368 g/mol. The van der Waals surface area contributed by atoms with Gasteiger partial charge in [-0.25, -0.2) is 18.5 Å². The molecule has 3 rings (SSSR count). The summed E-state index contributed by atoms with van der Waals surface area (Å²) in [6.07, 6.45) is 0.847. The lowest BCUT2D eigenvalue weighted by Gasteiger charge is -2.10. The van der Waals surface area contributed by atoms with Crippen molar-refractivity contribution in [3.05, 3.63) is 48.0 Å².